The quantitative estimate of drug-likeness (QED) is 0.227. The predicted molar refractivity (Wildman–Crippen MR) is 60.1 cm³/mol. The number of carbonyl (C=O) groups excluding carboxylic acids is 2. The molecule has 0 aliphatic rings. The van der Waals surface area contributed by atoms with E-state index in [2.05, 4.69) is 9.74 Å². The Labute approximate surface area is 101 Å². The number of ketones is 1. The zero-order valence-corrected chi connectivity index (χ0v) is 11.0. The summed E-state index contributed by atoms with van der Waals surface area (Å²) in [6.45, 7) is 1.34. The first-order chi connectivity index (χ1) is 7.76. The summed E-state index contributed by atoms with van der Waals surface area (Å²) < 4.78 is 4.39. The Morgan fingerprint density at radius 1 is 1.47 bits per heavy atom. The van der Waals surface area contributed by atoms with Crippen molar-refractivity contribution in [3.63, 3.8) is 0 Å². The van der Waals surface area contributed by atoms with E-state index in [1.807, 2.05) is 0 Å². The van der Waals surface area contributed by atoms with Crippen LogP contribution in [0, 0.1) is 0 Å². The summed E-state index contributed by atoms with van der Waals surface area (Å²) in [5.41, 5.74) is 4.72. The standard InChI is InChI=1S/C8H18N2O6Si/c1-5(11)10-4-6(12)7(2-3-9)17-16-8(13,14)15/h7,13-15H,2-4,9,17H2,1H3,(H,10,11). The van der Waals surface area contributed by atoms with Gasteiger partial charge in [-0.1, -0.05) is 0 Å². The summed E-state index contributed by atoms with van der Waals surface area (Å²) in [5.74, 6) is -0.644. The summed E-state index contributed by atoms with van der Waals surface area (Å²) in [4.78, 5) is 22.2. The van der Waals surface area contributed by atoms with Crippen LogP contribution >= 0.6 is 0 Å². The smallest absolute Gasteiger partial charge is 0.353 e. The molecule has 0 radical (unpaired) electrons. The minimum Gasteiger partial charge on any atom is -0.353 e. The average molecular weight is 266 g/mol. The fourth-order valence-corrected chi connectivity index (χ4v) is 2.26. The molecule has 0 heterocycles. The van der Waals surface area contributed by atoms with E-state index in [0.717, 1.165) is 0 Å². The predicted octanol–water partition coefficient (Wildman–Crippen LogP) is -3.48. The fraction of sp³-hybridized carbons (Fsp3) is 0.750. The van der Waals surface area contributed by atoms with Crippen LogP contribution in [0.3, 0.4) is 0 Å². The number of nitrogens with two attached hydrogens (primary N) is 1. The van der Waals surface area contributed by atoms with Crippen molar-refractivity contribution in [1.29, 1.82) is 0 Å². The largest absolute Gasteiger partial charge is 0.394 e. The molecule has 0 spiro atoms. The van der Waals surface area contributed by atoms with Crippen LogP contribution in [-0.2, 0) is 14.0 Å². The molecule has 0 aliphatic carbocycles. The number of hydrogen-bond acceptors (Lipinski definition) is 7. The van der Waals surface area contributed by atoms with Crippen LogP contribution in [0.25, 0.3) is 0 Å². The SMILES string of the molecule is CC(=O)NCC(=O)C(CCN)[SiH2]OC(O)(O)O. The van der Waals surface area contributed by atoms with E-state index in [9.17, 15) is 9.59 Å². The second-order valence-electron chi connectivity index (χ2n) is 3.54. The number of amides is 1. The molecule has 17 heavy (non-hydrogen) atoms. The molecule has 0 aromatic heterocycles. The molecule has 0 bridgehead atoms. The van der Waals surface area contributed by atoms with Crippen molar-refractivity contribution in [1.82, 2.24) is 5.32 Å². The lowest BCUT2D eigenvalue weighted by atomic mass is 10.2. The highest BCUT2D eigenvalue weighted by Crippen LogP contribution is 2.12. The van der Waals surface area contributed by atoms with Crippen LogP contribution in [0.2, 0.25) is 5.54 Å². The highest BCUT2D eigenvalue weighted by Gasteiger charge is 2.25. The molecular formula is C8H18N2O6Si. The maximum Gasteiger partial charge on any atom is 0.394 e. The lowest BCUT2D eigenvalue weighted by molar-refractivity contribution is -0.421. The van der Waals surface area contributed by atoms with Gasteiger partial charge >= 0.3 is 6.16 Å². The summed E-state index contributed by atoms with van der Waals surface area (Å²) in [5, 5.41) is 28.0. The van der Waals surface area contributed by atoms with Crippen molar-refractivity contribution in [2.75, 3.05) is 13.1 Å². The average Bonchev–Trinajstić information content (AvgIpc) is 2.19. The molecule has 1 unspecified atom stereocenters. The third kappa shape index (κ3) is 8.91. The van der Waals surface area contributed by atoms with Crippen LogP contribution in [0.1, 0.15) is 13.3 Å². The van der Waals surface area contributed by atoms with Crippen LogP contribution in [0.4, 0.5) is 0 Å². The molecular weight excluding hydrogens is 248 g/mol. The molecule has 0 saturated carbocycles. The third-order valence-electron chi connectivity index (χ3n) is 1.96. The Balaban J connectivity index is 4.21. The minimum atomic E-state index is -3.21. The first-order valence-electron chi connectivity index (χ1n) is 5.04. The van der Waals surface area contributed by atoms with Gasteiger partial charge < -0.3 is 30.8 Å². The molecule has 0 fully saturated rings. The minimum absolute atomic E-state index is 0.161. The normalized spacial score (nSPS) is 13.9. The Hall–Kier alpha value is -0.843. The van der Waals surface area contributed by atoms with Gasteiger partial charge in [0.1, 0.15) is 0 Å². The zero-order chi connectivity index (χ0) is 13.5. The molecule has 0 aromatic carbocycles. The number of nitrogens with one attached hydrogen (secondary N) is 1. The molecule has 9 heteroatoms. The second kappa shape index (κ2) is 7.48. The molecule has 1 amide bonds. The number of Topliss-reactive ketones (excluding diaryl/α,β-unsaturated/α-hetero) is 1. The van der Waals surface area contributed by atoms with E-state index in [0.29, 0.717) is 6.42 Å². The monoisotopic (exact) mass is 266 g/mol. The highest BCUT2D eigenvalue weighted by atomic mass is 28.2. The number of aliphatic hydroxyl groups is 3. The van der Waals surface area contributed by atoms with E-state index in [1.54, 1.807) is 0 Å². The van der Waals surface area contributed by atoms with Gasteiger partial charge in [0.2, 0.25) is 5.91 Å². The van der Waals surface area contributed by atoms with Crippen molar-refractivity contribution in [2.24, 2.45) is 5.73 Å². The Morgan fingerprint density at radius 2 is 2.06 bits per heavy atom. The topological polar surface area (TPSA) is 142 Å². The van der Waals surface area contributed by atoms with Gasteiger partial charge in [0.05, 0.1) is 6.54 Å². The highest BCUT2D eigenvalue weighted by molar-refractivity contribution is 6.38. The van der Waals surface area contributed by atoms with Gasteiger partial charge in [-0.2, -0.15) is 0 Å². The lowest BCUT2D eigenvalue weighted by Gasteiger charge is -2.19. The molecule has 0 saturated heterocycles. The molecule has 6 N–H and O–H groups in total. The molecule has 0 aromatic rings. The molecule has 100 valence electrons. The second-order valence-corrected chi connectivity index (χ2v) is 5.14. The lowest BCUT2D eigenvalue weighted by Crippen LogP contribution is -2.38. The zero-order valence-electron chi connectivity index (χ0n) is 9.55. The summed E-state index contributed by atoms with van der Waals surface area (Å²) >= 11 is 0. The van der Waals surface area contributed by atoms with Gasteiger partial charge in [-0.3, -0.25) is 9.59 Å². The number of hydrogen-bond donors (Lipinski definition) is 5. The molecule has 0 rings (SSSR count). The first-order valence-corrected chi connectivity index (χ1v) is 6.44. The third-order valence-corrected chi connectivity index (χ3v) is 3.78. The van der Waals surface area contributed by atoms with E-state index < -0.39 is 21.5 Å². The van der Waals surface area contributed by atoms with Gasteiger partial charge in [-0.15, -0.1) is 0 Å². The van der Waals surface area contributed by atoms with Crippen LogP contribution in [0.15, 0.2) is 0 Å². The van der Waals surface area contributed by atoms with Gasteiger partial charge in [0.25, 0.3) is 0 Å². The number of rotatable bonds is 8. The molecule has 8 nitrogen and oxygen atoms in total. The van der Waals surface area contributed by atoms with Crippen LogP contribution in [-0.4, -0.2) is 56.0 Å². The summed E-state index contributed by atoms with van der Waals surface area (Å²) in [6, 6.07) is 0. The van der Waals surface area contributed by atoms with Crippen LogP contribution < -0.4 is 11.1 Å². The van der Waals surface area contributed by atoms with Crippen molar-refractivity contribution >= 4 is 21.5 Å². The van der Waals surface area contributed by atoms with Crippen molar-refractivity contribution in [2.45, 2.75) is 25.0 Å². The Bertz CT molecular complexity index is 267. The maximum atomic E-state index is 11.6. The van der Waals surface area contributed by atoms with Gasteiger partial charge in [0.15, 0.2) is 15.5 Å². The van der Waals surface area contributed by atoms with Crippen molar-refractivity contribution in [3.8, 4) is 0 Å². The maximum absolute atomic E-state index is 11.6. The van der Waals surface area contributed by atoms with Gasteiger partial charge in [0, 0.05) is 12.5 Å². The summed E-state index contributed by atoms with van der Waals surface area (Å²) in [7, 11) is -1.71. The van der Waals surface area contributed by atoms with Gasteiger partial charge in [-0.05, 0) is 13.0 Å². The van der Waals surface area contributed by atoms with Crippen molar-refractivity contribution < 1.29 is 29.3 Å². The Morgan fingerprint density at radius 3 is 2.47 bits per heavy atom. The summed E-state index contributed by atoms with van der Waals surface area (Å²) in [6.07, 6.45) is -2.91. The molecule has 0 aliphatic heterocycles. The van der Waals surface area contributed by atoms with Crippen LogP contribution in [0.5, 0.6) is 0 Å². The van der Waals surface area contributed by atoms with Crippen molar-refractivity contribution in [3.05, 3.63) is 0 Å². The van der Waals surface area contributed by atoms with E-state index in [1.165, 1.54) is 6.92 Å². The Kier molecular flexibility index (Phi) is 7.11. The molecule has 1 atom stereocenters. The fourth-order valence-electron chi connectivity index (χ4n) is 1.11. The van der Waals surface area contributed by atoms with E-state index >= 15 is 0 Å². The van der Waals surface area contributed by atoms with E-state index in [-0.39, 0.29) is 24.8 Å². The number of carbonyl (C=O) groups is 2. The van der Waals surface area contributed by atoms with E-state index in [4.69, 9.17) is 21.1 Å². The van der Waals surface area contributed by atoms with Gasteiger partial charge in [-0.25, -0.2) is 0 Å². The first kappa shape index (κ1) is 16.2.